The Hall–Kier alpha value is -1.23. The van der Waals surface area contributed by atoms with Crippen LogP contribution in [0.4, 0.5) is 5.69 Å². The maximum atomic E-state index is 11.6. The van der Waals surface area contributed by atoms with Crippen LogP contribution in [0.2, 0.25) is 0 Å². The highest BCUT2D eigenvalue weighted by Gasteiger charge is 2.26. The Kier molecular flexibility index (Phi) is 3.39. The molecule has 4 nitrogen and oxygen atoms in total. The number of benzene rings is 1. The fraction of sp³-hybridized carbons (Fsp3) is 0.571. The van der Waals surface area contributed by atoms with E-state index in [9.17, 15) is 8.42 Å². The molecule has 0 spiro atoms. The third kappa shape index (κ3) is 3.03. The van der Waals surface area contributed by atoms with Crippen LogP contribution < -0.4 is 10.1 Å². The molecule has 19 heavy (non-hydrogen) atoms. The number of sulfone groups is 1. The van der Waals surface area contributed by atoms with Crippen LogP contribution in [0.25, 0.3) is 0 Å². The van der Waals surface area contributed by atoms with E-state index >= 15 is 0 Å². The third-order valence-electron chi connectivity index (χ3n) is 3.74. The molecular weight excluding hydrogens is 262 g/mol. The average Bonchev–Trinajstić information content (AvgIpc) is 2.37. The van der Waals surface area contributed by atoms with Crippen molar-refractivity contribution in [1.29, 1.82) is 0 Å². The van der Waals surface area contributed by atoms with Crippen molar-refractivity contribution in [1.82, 2.24) is 0 Å². The summed E-state index contributed by atoms with van der Waals surface area (Å²) >= 11 is 0. The van der Waals surface area contributed by atoms with E-state index in [1.807, 2.05) is 18.2 Å². The molecule has 2 aliphatic heterocycles. The molecule has 1 aromatic carbocycles. The van der Waals surface area contributed by atoms with Crippen molar-refractivity contribution in [2.45, 2.75) is 31.8 Å². The zero-order chi connectivity index (χ0) is 13.3. The second-order valence-corrected chi connectivity index (χ2v) is 7.57. The molecule has 0 saturated carbocycles. The summed E-state index contributed by atoms with van der Waals surface area (Å²) in [4.78, 5) is 0. The minimum absolute atomic E-state index is 0.155. The maximum absolute atomic E-state index is 11.6. The van der Waals surface area contributed by atoms with Crippen molar-refractivity contribution >= 4 is 15.5 Å². The van der Waals surface area contributed by atoms with Crippen LogP contribution in [-0.4, -0.2) is 32.6 Å². The fourth-order valence-electron chi connectivity index (χ4n) is 2.79. The zero-order valence-corrected chi connectivity index (χ0v) is 11.7. The third-order valence-corrected chi connectivity index (χ3v) is 5.53. The van der Waals surface area contributed by atoms with Gasteiger partial charge in [0.05, 0.1) is 11.5 Å². The van der Waals surface area contributed by atoms with Crippen LogP contribution in [0, 0.1) is 0 Å². The number of nitrogens with one attached hydrogen (secondary N) is 1. The Morgan fingerprint density at radius 2 is 2.16 bits per heavy atom. The Bertz CT molecular complexity index is 568. The van der Waals surface area contributed by atoms with Gasteiger partial charge in [0.2, 0.25) is 0 Å². The van der Waals surface area contributed by atoms with Gasteiger partial charge in [-0.25, -0.2) is 8.42 Å². The minimum Gasteiger partial charge on any atom is -0.489 e. The van der Waals surface area contributed by atoms with E-state index in [1.165, 1.54) is 11.3 Å². The van der Waals surface area contributed by atoms with Crippen LogP contribution in [0.5, 0.6) is 5.75 Å². The van der Waals surface area contributed by atoms with Gasteiger partial charge < -0.3 is 10.1 Å². The lowest BCUT2D eigenvalue weighted by molar-refractivity contribution is 0.207. The zero-order valence-electron chi connectivity index (χ0n) is 10.9. The topological polar surface area (TPSA) is 55.4 Å². The number of hydrogen-bond donors (Lipinski definition) is 1. The predicted molar refractivity (Wildman–Crippen MR) is 75.6 cm³/mol. The lowest BCUT2D eigenvalue weighted by Crippen LogP contribution is -2.33. The SMILES string of the molecule is O=S1(=O)CCCC(Oc2ccc3c(c2)CCCN3)C1. The van der Waals surface area contributed by atoms with E-state index < -0.39 is 9.84 Å². The summed E-state index contributed by atoms with van der Waals surface area (Å²) in [5, 5.41) is 3.36. The first-order valence-corrected chi connectivity index (χ1v) is 8.68. The highest BCUT2D eigenvalue weighted by atomic mass is 32.2. The quantitative estimate of drug-likeness (QED) is 0.901. The van der Waals surface area contributed by atoms with E-state index in [0.717, 1.165) is 31.6 Å². The van der Waals surface area contributed by atoms with E-state index in [-0.39, 0.29) is 11.9 Å². The molecule has 104 valence electrons. The molecule has 0 bridgehead atoms. The number of ether oxygens (including phenoxy) is 1. The standard InChI is InChI=1S/C14H19NO3S/c16-19(17)8-2-4-13(10-19)18-12-5-6-14-11(9-12)3-1-7-15-14/h5-6,9,13,15H,1-4,7-8,10H2. The highest BCUT2D eigenvalue weighted by molar-refractivity contribution is 7.91. The molecule has 2 aliphatic rings. The first-order chi connectivity index (χ1) is 9.12. The first-order valence-electron chi connectivity index (χ1n) is 6.86. The molecule has 1 fully saturated rings. The monoisotopic (exact) mass is 281 g/mol. The number of hydrogen-bond acceptors (Lipinski definition) is 4. The molecule has 1 atom stereocenters. The summed E-state index contributed by atoms with van der Waals surface area (Å²) < 4.78 is 29.0. The molecule has 1 aromatic rings. The van der Waals surface area contributed by atoms with Crippen molar-refractivity contribution in [2.24, 2.45) is 0 Å². The molecule has 1 unspecified atom stereocenters. The van der Waals surface area contributed by atoms with E-state index in [4.69, 9.17) is 4.74 Å². The van der Waals surface area contributed by atoms with Crippen molar-refractivity contribution in [3.8, 4) is 5.75 Å². The Morgan fingerprint density at radius 3 is 3.00 bits per heavy atom. The van der Waals surface area contributed by atoms with Crippen molar-refractivity contribution in [3.05, 3.63) is 23.8 Å². The largest absolute Gasteiger partial charge is 0.489 e. The number of fused-ring (bicyclic) bond motifs is 1. The fourth-order valence-corrected chi connectivity index (χ4v) is 4.37. The normalized spacial score (nSPS) is 25.2. The predicted octanol–water partition coefficient (Wildman–Crippen LogP) is 2.00. The van der Waals surface area contributed by atoms with Gasteiger partial charge in [-0.2, -0.15) is 0 Å². The number of aryl methyl sites for hydroxylation is 1. The molecule has 5 heteroatoms. The molecule has 0 amide bonds. The van der Waals surface area contributed by atoms with Gasteiger partial charge in [-0.1, -0.05) is 0 Å². The molecular formula is C14H19NO3S. The average molecular weight is 281 g/mol. The van der Waals surface area contributed by atoms with Crippen LogP contribution >= 0.6 is 0 Å². The van der Waals surface area contributed by atoms with Gasteiger partial charge in [0, 0.05) is 12.2 Å². The van der Waals surface area contributed by atoms with E-state index in [0.29, 0.717) is 12.2 Å². The number of rotatable bonds is 2. The van der Waals surface area contributed by atoms with Crippen LogP contribution in [0.1, 0.15) is 24.8 Å². The Balaban J connectivity index is 1.73. The summed E-state index contributed by atoms with van der Waals surface area (Å²) in [6.45, 7) is 1.02. The maximum Gasteiger partial charge on any atom is 0.153 e. The van der Waals surface area contributed by atoms with Gasteiger partial charge in [-0.3, -0.25) is 0 Å². The summed E-state index contributed by atoms with van der Waals surface area (Å²) in [7, 11) is -2.91. The summed E-state index contributed by atoms with van der Waals surface area (Å²) in [5.41, 5.74) is 2.44. The van der Waals surface area contributed by atoms with Gasteiger partial charge >= 0.3 is 0 Å². The van der Waals surface area contributed by atoms with Crippen LogP contribution in [0.15, 0.2) is 18.2 Å². The van der Waals surface area contributed by atoms with Gasteiger partial charge in [0.15, 0.2) is 9.84 Å². The molecule has 3 rings (SSSR count). The van der Waals surface area contributed by atoms with Crippen LogP contribution in [0.3, 0.4) is 0 Å². The van der Waals surface area contributed by atoms with Crippen molar-refractivity contribution in [2.75, 3.05) is 23.4 Å². The van der Waals surface area contributed by atoms with Gasteiger partial charge in [-0.15, -0.1) is 0 Å². The van der Waals surface area contributed by atoms with Crippen molar-refractivity contribution < 1.29 is 13.2 Å². The molecule has 0 radical (unpaired) electrons. The van der Waals surface area contributed by atoms with Gasteiger partial charge in [0.25, 0.3) is 0 Å². The Labute approximate surface area is 114 Å². The van der Waals surface area contributed by atoms with E-state index in [1.54, 1.807) is 0 Å². The summed E-state index contributed by atoms with van der Waals surface area (Å²) in [6.07, 6.45) is 3.54. The minimum atomic E-state index is -2.91. The lowest BCUT2D eigenvalue weighted by atomic mass is 10.0. The van der Waals surface area contributed by atoms with Crippen molar-refractivity contribution in [3.63, 3.8) is 0 Å². The summed E-state index contributed by atoms with van der Waals surface area (Å²) in [5.74, 6) is 1.26. The molecule has 1 saturated heterocycles. The second kappa shape index (κ2) is 5.04. The van der Waals surface area contributed by atoms with Crippen LogP contribution in [-0.2, 0) is 16.3 Å². The Morgan fingerprint density at radius 1 is 1.26 bits per heavy atom. The van der Waals surface area contributed by atoms with Gasteiger partial charge in [-0.05, 0) is 49.4 Å². The lowest BCUT2D eigenvalue weighted by Gasteiger charge is -2.24. The molecule has 0 aliphatic carbocycles. The first kappa shape index (κ1) is 12.8. The molecule has 0 aromatic heterocycles. The highest BCUT2D eigenvalue weighted by Crippen LogP contribution is 2.28. The smallest absolute Gasteiger partial charge is 0.153 e. The molecule has 1 N–H and O–H groups in total. The van der Waals surface area contributed by atoms with E-state index in [2.05, 4.69) is 5.32 Å². The van der Waals surface area contributed by atoms with Gasteiger partial charge in [0.1, 0.15) is 11.9 Å². The molecule has 2 heterocycles. The second-order valence-electron chi connectivity index (χ2n) is 5.35. The number of anilines is 1. The summed E-state index contributed by atoms with van der Waals surface area (Å²) in [6, 6.07) is 6.00.